The Balaban J connectivity index is 1.68. The second-order valence-electron chi connectivity index (χ2n) is 7.01. The molecule has 0 amide bonds. The van der Waals surface area contributed by atoms with Crippen molar-refractivity contribution in [3.05, 3.63) is 99.7 Å². The summed E-state index contributed by atoms with van der Waals surface area (Å²) in [7, 11) is 0. The SMILES string of the molecule is NCc1cccc(Cn2c(-c3ccc(-c4cccs4)s3)nc3ccccc3c2=O)c1. The molecule has 3 aromatic heterocycles. The van der Waals surface area contributed by atoms with Gasteiger partial charge in [0.25, 0.3) is 5.56 Å². The molecule has 148 valence electrons. The van der Waals surface area contributed by atoms with E-state index in [1.54, 1.807) is 27.2 Å². The zero-order chi connectivity index (χ0) is 20.5. The van der Waals surface area contributed by atoms with E-state index in [2.05, 4.69) is 29.6 Å². The first-order chi connectivity index (χ1) is 14.7. The number of benzene rings is 2. The molecule has 4 nitrogen and oxygen atoms in total. The molecule has 0 spiro atoms. The maximum atomic E-state index is 13.4. The Morgan fingerprint density at radius 1 is 0.867 bits per heavy atom. The van der Waals surface area contributed by atoms with Crippen molar-refractivity contribution in [1.29, 1.82) is 0 Å². The Kier molecular flexibility index (Phi) is 5.04. The number of nitrogens with two attached hydrogens (primary N) is 1. The summed E-state index contributed by atoms with van der Waals surface area (Å²) in [4.78, 5) is 21.7. The van der Waals surface area contributed by atoms with Gasteiger partial charge in [-0.25, -0.2) is 4.98 Å². The van der Waals surface area contributed by atoms with Crippen LogP contribution in [0.1, 0.15) is 11.1 Å². The number of hydrogen-bond acceptors (Lipinski definition) is 5. The molecule has 5 aromatic rings. The summed E-state index contributed by atoms with van der Waals surface area (Å²) in [6.45, 7) is 0.923. The lowest BCUT2D eigenvalue weighted by atomic mass is 10.1. The maximum Gasteiger partial charge on any atom is 0.261 e. The lowest BCUT2D eigenvalue weighted by Crippen LogP contribution is -2.24. The molecule has 0 fully saturated rings. The van der Waals surface area contributed by atoms with E-state index < -0.39 is 0 Å². The van der Waals surface area contributed by atoms with Crippen molar-refractivity contribution in [2.24, 2.45) is 5.73 Å². The second-order valence-corrected chi connectivity index (χ2v) is 9.04. The zero-order valence-corrected chi connectivity index (χ0v) is 17.7. The van der Waals surface area contributed by atoms with E-state index in [1.807, 2.05) is 48.5 Å². The van der Waals surface area contributed by atoms with E-state index in [9.17, 15) is 4.79 Å². The predicted molar refractivity (Wildman–Crippen MR) is 126 cm³/mol. The summed E-state index contributed by atoms with van der Waals surface area (Å²) < 4.78 is 1.78. The van der Waals surface area contributed by atoms with Crippen LogP contribution in [0.15, 0.2) is 83.0 Å². The average Bonchev–Trinajstić information content (AvgIpc) is 3.48. The molecule has 0 saturated carbocycles. The van der Waals surface area contributed by atoms with Crippen LogP contribution in [0, 0.1) is 0 Å². The van der Waals surface area contributed by atoms with Crippen LogP contribution in [0.2, 0.25) is 0 Å². The number of aromatic nitrogens is 2. The van der Waals surface area contributed by atoms with Gasteiger partial charge in [-0.15, -0.1) is 22.7 Å². The van der Waals surface area contributed by atoms with E-state index in [4.69, 9.17) is 10.7 Å². The van der Waals surface area contributed by atoms with E-state index in [-0.39, 0.29) is 5.56 Å². The van der Waals surface area contributed by atoms with Crippen LogP contribution in [0.5, 0.6) is 0 Å². The quantitative estimate of drug-likeness (QED) is 0.409. The van der Waals surface area contributed by atoms with Crippen LogP contribution in [0.4, 0.5) is 0 Å². The Hall–Kier alpha value is -3.06. The van der Waals surface area contributed by atoms with Gasteiger partial charge < -0.3 is 5.73 Å². The normalized spacial score (nSPS) is 11.2. The Morgan fingerprint density at radius 3 is 2.53 bits per heavy atom. The maximum absolute atomic E-state index is 13.4. The molecule has 0 atom stereocenters. The van der Waals surface area contributed by atoms with Gasteiger partial charge >= 0.3 is 0 Å². The molecule has 6 heteroatoms. The van der Waals surface area contributed by atoms with Crippen LogP contribution in [0.3, 0.4) is 0 Å². The van der Waals surface area contributed by atoms with Crippen LogP contribution in [-0.2, 0) is 13.1 Å². The average molecular weight is 430 g/mol. The highest BCUT2D eigenvalue weighted by Crippen LogP contribution is 2.36. The van der Waals surface area contributed by atoms with Crippen LogP contribution in [0.25, 0.3) is 31.4 Å². The summed E-state index contributed by atoms with van der Waals surface area (Å²) in [5.41, 5.74) is 8.58. The largest absolute Gasteiger partial charge is 0.326 e. The van der Waals surface area contributed by atoms with Crippen molar-refractivity contribution in [2.75, 3.05) is 0 Å². The molecular weight excluding hydrogens is 410 g/mol. The van der Waals surface area contributed by atoms with Crippen molar-refractivity contribution >= 4 is 33.6 Å². The van der Waals surface area contributed by atoms with Gasteiger partial charge in [0, 0.05) is 16.3 Å². The summed E-state index contributed by atoms with van der Waals surface area (Å²) >= 11 is 3.37. The summed E-state index contributed by atoms with van der Waals surface area (Å²) in [6.07, 6.45) is 0. The van der Waals surface area contributed by atoms with E-state index >= 15 is 0 Å². The molecule has 0 aliphatic heterocycles. The molecule has 0 aliphatic carbocycles. The molecule has 30 heavy (non-hydrogen) atoms. The number of hydrogen-bond donors (Lipinski definition) is 1. The minimum Gasteiger partial charge on any atom is -0.326 e. The number of nitrogens with zero attached hydrogens (tertiary/aromatic N) is 2. The lowest BCUT2D eigenvalue weighted by Gasteiger charge is -2.13. The number of rotatable bonds is 5. The van der Waals surface area contributed by atoms with Gasteiger partial charge in [0.2, 0.25) is 0 Å². The fraction of sp³-hybridized carbons (Fsp3) is 0.0833. The fourth-order valence-corrected chi connectivity index (χ4v) is 5.39. The van der Waals surface area contributed by atoms with Crippen molar-refractivity contribution in [1.82, 2.24) is 9.55 Å². The minimum absolute atomic E-state index is 0.0279. The van der Waals surface area contributed by atoms with Gasteiger partial charge in [-0.05, 0) is 46.8 Å². The molecule has 0 saturated heterocycles. The van der Waals surface area contributed by atoms with Crippen molar-refractivity contribution < 1.29 is 0 Å². The first-order valence-corrected chi connectivity index (χ1v) is 11.3. The van der Waals surface area contributed by atoms with E-state index in [0.29, 0.717) is 24.3 Å². The van der Waals surface area contributed by atoms with Gasteiger partial charge in [-0.3, -0.25) is 9.36 Å². The molecule has 0 unspecified atom stereocenters. The lowest BCUT2D eigenvalue weighted by molar-refractivity contribution is 0.759. The molecule has 5 rings (SSSR count). The molecular formula is C24H19N3OS2. The molecule has 0 aliphatic rings. The smallest absolute Gasteiger partial charge is 0.261 e. The molecule has 0 radical (unpaired) electrons. The topological polar surface area (TPSA) is 60.9 Å². The third kappa shape index (κ3) is 3.50. The molecule has 2 N–H and O–H groups in total. The van der Waals surface area contributed by atoms with Gasteiger partial charge in [-0.2, -0.15) is 0 Å². The first-order valence-electron chi connectivity index (χ1n) is 9.64. The van der Waals surface area contributed by atoms with E-state index in [1.165, 1.54) is 9.75 Å². The minimum atomic E-state index is -0.0279. The second kappa shape index (κ2) is 7.99. The molecule has 3 heterocycles. The standard InChI is InChI=1S/C24H19N3OS2/c25-14-16-5-3-6-17(13-16)15-27-23(26-19-8-2-1-7-18(19)24(27)28)22-11-10-21(30-22)20-9-4-12-29-20/h1-13H,14-15,25H2. The number of fused-ring (bicyclic) bond motifs is 1. The Labute approximate surface area is 181 Å². The highest BCUT2D eigenvalue weighted by atomic mass is 32.1. The zero-order valence-electron chi connectivity index (χ0n) is 16.1. The van der Waals surface area contributed by atoms with Crippen molar-refractivity contribution in [2.45, 2.75) is 13.1 Å². The van der Waals surface area contributed by atoms with Crippen LogP contribution < -0.4 is 11.3 Å². The highest BCUT2D eigenvalue weighted by Gasteiger charge is 2.16. The third-order valence-electron chi connectivity index (χ3n) is 5.02. The highest BCUT2D eigenvalue weighted by molar-refractivity contribution is 7.23. The van der Waals surface area contributed by atoms with Crippen molar-refractivity contribution in [3.63, 3.8) is 0 Å². The summed E-state index contributed by atoms with van der Waals surface area (Å²) in [6, 6.07) is 23.9. The predicted octanol–water partition coefficient (Wildman–Crippen LogP) is 5.36. The fourth-order valence-electron chi connectivity index (χ4n) is 3.55. The Morgan fingerprint density at radius 2 is 1.70 bits per heavy atom. The first kappa shape index (κ1) is 18.9. The molecule has 2 aromatic carbocycles. The number of para-hydroxylation sites is 1. The van der Waals surface area contributed by atoms with Crippen molar-refractivity contribution in [3.8, 4) is 20.5 Å². The summed E-state index contributed by atoms with van der Waals surface area (Å²) in [5.74, 6) is 0.699. The van der Waals surface area contributed by atoms with Gasteiger partial charge in [0.1, 0.15) is 0 Å². The molecule has 0 bridgehead atoms. The number of thiophene rings is 2. The van der Waals surface area contributed by atoms with Gasteiger partial charge in [-0.1, -0.05) is 42.5 Å². The van der Waals surface area contributed by atoms with Crippen LogP contribution in [-0.4, -0.2) is 9.55 Å². The third-order valence-corrected chi connectivity index (χ3v) is 7.17. The van der Waals surface area contributed by atoms with Gasteiger partial charge in [0.05, 0.1) is 22.3 Å². The van der Waals surface area contributed by atoms with E-state index in [0.717, 1.165) is 21.5 Å². The Bertz CT molecular complexity index is 1380. The van der Waals surface area contributed by atoms with Crippen LogP contribution >= 0.6 is 22.7 Å². The van der Waals surface area contributed by atoms with Gasteiger partial charge in [0.15, 0.2) is 5.82 Å². The monoisotopic (exact) mass is 429 g/mol. The summed E-state index contributed by atoms with van der Waals surface area (Å²) in [5, 5.41) is 2.70.